The zero-order valence-electron chi connectivity index (χ0n) is 12.2. The number of benzene rings is 1. The molecule has 22 heavy (non-hydrogen) atoms. The summed E-state index contributed by atoms with van der Waals surface area (Å²) in [6.45, 7) is 1.30. The first-order valence-corrected chi connectivity index (χ1v) is 8.46. The van der Waals surface area contributed by atoms with Crippen molar-refractivity contribution < 1.29 is 5.11 Å². The maximum absolute atomic E-state index is 10.9. The molecule has 1 unspecified atom stereocenters. The van der Waals surface area contributed by atoms with Gasteiger partial charge in [-0.15, -0.1) is 11.3 Å². The molecule has 0 radical (unpaired) electrons. The molecule has 0 bridgehead atoms. The van der Waals surface area contributed by atoms with Crippen LogP contribution in [0.5, 0.6) is 0 Å². The van der Waals surface area contributed by atoms with Crippen molar-refractivity contribution in [2.45, 2.75) is 25.0 Å². The third kappa shape index (κ3) is 2.43. The summed E-state index contributed by atoms with van der Waals surface area (Å²) in [5.74, 6) is 0. The molecule has 0 spiro atoms. The van der Waals surface area contributed by atoms with Crippen LogP contribution in [0.2, 0.25) is 0 Å². The average molecular weight is 310 g/mol. The molecule has 1 aliphatic carbocycles. The minimum atomic E-state index is -0.739. The molecule has 2 aromatic heterocycles. The van der Waals surface area contributed by atoms with Crippen molar-refractivity contribution in [1.82, 2.24) is 10.3 Å². The molecule has 0 saturated carbocycles. The van der Waals surface area contributed by atoms with Gasteiger partial charge in [0.25, 0.3) is 0 Å². The standard InChI is InChI=1S/C18H18N2OS/c21-18(7-5-14-3-1-2-4-15(14)18)12-19-10-13-9-17-16(20-11-13)6-8-22-17/h1-4,6,8-9,11,19,21H,5,7,10,12H2. The highest BCUT2D eigenvalue weighted by atomic mass is 32.1. The molecule has 3 nitrogen and oxygen atoms in total. The van der Waals surface area contributed by atoms with E-state index >= 15 is 0 Å². The van der Waals surface area contributed by atoms with Crippen LogP contribution in [0, 0.1) is 0 Å². The lowest BCUT2D eigenvalue weighted by Crippen LogP contribution is -2.36. The Morgan fingerprint density at radius 1 is 1.27 bits per heavy atom. The number of nitrogens with one attached hydrogen (secondary N) is 1. The Morgan fingerprint density at radius 3 is 3.14 bits per heavy atom. The Labute approximate surface area is 133 Å². The fraction of sp³-hybridized carbons (Fsp3) is 0.278. The van der Waals surface area contributed by atoms with Crippen LogP contribution in [0.1, 0.15) is 23.1 Å². The van der Waals surface area contributed by atoms with E-state index in [1.54, 1.807) is 11.3 Å². The fourth-order valence-corrected chi connectivity index (χ4v) is 4.05. The van der Waals surface area contributed by atoms with Crippen LogP contribution < -0.4 is 5.32 Å². The van der Waals surface area contributed by atoms with E-state index < -0.39 is 5.60 Å². The summed E-state index contributed by atoms with van der Waals surface area (Å²) in [4.78, 5) is 4.45. The third-order valence-electron chi connectivity index (χ3n) is 4.43. The van der Waals surface area contributed by atoms with E-state index in [0.717, 1.165) is 36.0 Å². The fourth-order valence-electron chi connectivity index (χ4n) is 3.25. The molecule has 112 valence electrons. The number of aryl methyl sites for hydroxylation is 1. The molecule has 0 amide bonds. The zero-order chi connectivity index (χ0) is 15.0. The van der Waals surface area contributed by atoms with Crippen molar-refractivity contribution in [2.75, 3.05) is 6.54 Å². The summed E-state index contributed by atoms with van der Waals surface area (Å²) < 4.78 is 1.21. The van der Waals surface area contributed by atoms with Crippen LogP contribution in [0.25, 0.3) is 10.2 Å². The lowest BCUT2D eigenvalue weighted by Gasteiger charge is -2.24. The van der Waals surface area contributed by atoms with Crippen molar-refractivity contribution in [3.8, 4) is 0 Å². The van der Waals surface area contributed by atoms with Gasteiger partial charge in [-0.3, -0.25) is 4.98 Å². The molecular weight excluding hydrogens is 292 g/mol. The van der Waals surface area contributed by atoms with Gasteiger partial charge in [-0.1, -0.05) is 24.3 Å². The molecule has 1 aliphatic rings. The van der Waals surface area contributed by atoms with E-state index in [4.69, 9.17) is 0 Å². The molecule has 1 aromatic carbocycles. The van der Waals surface area contributed by atoms with E-state index in [9.17, 15) is 5.11 Å². The van der Waals surface area contributed by atoms with Gasteiger partial charge in [0, 0.05) is 19.3 Å². The predicted molar refractivity (Wildman–Crippen MR) is 90.0 cm³/mol. The van der Waals surface area contributed by atoms with Gasteiger partial charge in [0.15, 0.2) is 0 Å². The van der Waals surface area contributed by atoms with Crippen LogP contribution in [0.4, 0.5) is 0 Å². The Morgan fingerprint density at radius 2 is 2.18 bits per heavy atom. The number of nitrogens with zero attached hydrogens (tertiary/aromatic N) is 1. The summed E-state index contributed by atoms with van der Waals surface area (Å²) in [5, 5.41) is 16.3. The maximum Gasteiger partial charge on any atom is 0.103 e. The van der Waals surface area contributed by atoms with E-state index in [1.807, 2.05) is 30.5 Å². The number of aliphatic hydroxyl groups is 1. The number of hydrogen-bond donors (Lipinski definition) is 2. The first-order chi connectivity index (χ1) is 10.7. The minimum absolute atomic E-state index is 0.576. The SMILES string of the molecule is OC1(CNCc2cnc3ccsc3c2)CCc2ccccc21. The normalized spacial score (nSPS) is 20.4. The summed E-state index contributed by atoms with van der Waals surface area (Å²) in [6, 6.07) is 12.4. The van der Waals surface area contributed by atoms with Gasteiger partial charge in [0.2, 0.25) is 0 Å². The lowest BCUT2D eigenvalue weighted by molar-refractivity contribution is 0.0384. The second-order valence-corrected chi connectivity index (χ2v) is 6.89. The molecular formula is C18H18N2OS. The summed E-state index contributed by atoms with van der Waals surface area (Å²) >= 11 is 1.71. The summed E-state index contributed by atoms with van der Waals surface area (Å²) in [5.41, 5.74) is 3.82. The van der Waals surface area contributed by atoms with Crippen molar-refractivity contribution in [3.63, 3.8) is 0 Å². The van der Waals surface area contributed by atoms with Gasteiger partial charge in [0.05, 0.1) is 10.2 Å². The van der Waals surface area contributed by atoms with E-state index in [0.29, 0.717) is 6.54 Å². The highest BCUT2D eigenvalue weighted by Gasteiger charge is 2.35. The number of thiophene rings is 1. The number of rotatable bonds is 4. The summed E-state index contributed by atoms with van der Waals surface area (Å²) in [7, 11) is 0. The van der Waals surface area contributed by atoms with Crippen LogP contribution in [0.3, 0.4) is 0 Å². The molecule has 4 rings (SSSR count). The number of aromatic nitrogens is 1. The van der Waals surface area contributed by atoms with Crippen LogP contribution in [-0.4, -0.2) is 16.6 Å². The Balaban J connectivity index is 1.45. The zero-order valence-corrected chi connectivity index (χ0v) is 13.1. The van der Waals surface area contributed by atoms with E-state index in [-0.39, 0.29) is 0 Å². The lowest BCUT2D eigenvalue weighted by atomic mass is 9.96. The van der Waals surface area contributed by atoms with Crippen molar-refractivity contribution >= 4 is 21.6 Å². The second-order valence-electron chi connectivity index (χ2n) is 5.94. The van der Waals surface area contributed by atoms with Crippen molar-refractivity contribution in [2.24, 2.45) is 0 Å². The molecule has 1 atom stereocenters. The molecule has 0 aliphatic heterocycles. The molecule has 0 saturated heterocycles. The first-order valence-electron chi connectivity index (χ1n) is 7.58. The molecule has 4 heteroatoms. The average Bonchev–Trinajstić information content (AvgIpc) is 3.13. The number of pyridine rings is 1. The Hall–Kier alpha value is -1.75. The Kier molecular flexibility index (Phi) is 3.45. The van der Waals surface area contributed by atoms with Gasteiger partial charge < -0.3 is 10.4 Å². The number of fused-ring (bicyclic) bond motifs is 2. The van der Waals surface area contributed by atoms with Crippen LogP contribution in [-0.2, 0) is 18.6 Å². The van der Waals surface area contributed by atoms with Gasteiger partial charge in [-0.05, 0) is 47.0 Å². The van der Waals surface area contributed by atoms with Gasteiger partial charge in [0.1, 0.15) is 5.60 Å². The highest BCUT2D eigenvalue weighted by Crippen LogP contribution is 2.36. The van der Waals surface area contributed by atoms with Gasteiger partial charge >= 0.3 is 0 Å². The number of hydrogen-bond acceptors (Lipinski definition) is 4. The molecule has 0 fully saturated rings. The predicted octanol–water partition coefficient (Wildman–Crippen LogP) is 3.22. The largest absolute Gasteiger partial charge is 0.384 e. The topological polar surface area (TPSA) is 45.1 Å². The monoisotopic (exact) mass is 310 g/mol. The smallest absolute Gasteiger partial charge is 0.103 e. The molecule has 2 N–H and O–H groups in total. The maximum atomic E-state index is 10.9. The van der Waals surface area contributed by atoms with Crippen molar-refractivity contribution in [1.29, 1.82) is 0 Å². The third-order valence-corrected chi connectivity index (χ3v) is 5.29. The first kappa shape index (κ1) is 13.9. The minimum Gasteiger partial charge on any atom is -0.384 e. The highest BCUT2D eigenvalue weighted by molar-refractivity contribution is 7.17. The summed E-state index contributed by atoms with van der Waals surface area (Å²) in [6.07, 6.45) is 3.66. The van der Waals surface area contributed by atoms with Crippen LogP contribution >= 0.6 is 11.3 Å². The Bertz CT molecular complexity index is 813. The molecule has 3 aromatic rings. The molecule has 2 heterocycles. The van der Waals surface area contributed by atoms with Crippen molar-refractivity contribution in [3.05, 3.63) is 64.7 Å². The quantitative estimate of drug-likeness (QED) is 0.778. The van der Waals surface area contributed by atoms with Gasteiger partial charge in [-0.2, -0.15) is 0 Å². The van der Waals surface area contributed by atoms with Crippen LogP contribution in [0.15, 0.2) is 48.0 Å². The van der Waals surface area contributed by atoms with Gasteiger partial charge in [-0.25, -0.2) is 0 Å². The van der Waals surface area contributed by atoms with E-state index in [1.165, 1.54) is 10.3 Å². The van der Waals surface area contributed by atoms with E-state index in [2.05, 4.69) is 27.8 Å². The second kappa shape index (κ2) is 5.47.